The lowest BCUT2D eigenvalue weighted by Gasteiger charge is -2.09. The third-order valence-corrected chi connectivity index (χ3v) is 2.69. The standard InChI is InChI=1S/C15H15NO2/c17-11-14(12-6-2-1-3-7-12)16-10-13-8-4-5-9-15(13)18/h1-10,14,17-18H,11H2. The van der Waals surface area contributed by atoms with Gasteiger partial charge < -0.3 is 10.2 Å². The van der Waals surface area contributed by atoms with Crippen LogP contribution in [0.2, 0.25) is 0 Å². The molecule has 2 aromatic carbocycles. The van der Waals surface area contributed by atoms with Crippen LogP contribution in [0.4, 0.5) is 0 Å². The first-order valence-corrected chi connectivity index (χ1v) is 5.78. The number of hydrogen-bond acceptors (Lipinski definition) is 3. The van der Waals surface area contributed by atoms with E-state index in [0.29, 0.717) is 5.56 Å². The molecule has 0 saturated carbocycles. The van der Waals surface area contributed by atoms with E-state index >= 15 is 0 Å². The molecule has 0 fully saturated rings. The predicted molar refractivity (Wildman–Crippen MR) is 72.0 cm³/mol. The number of nitrogens with zero attached hydrogens (tertiary/aromatic N) is 1. The van der Waals surface area contributed by atoms with Crippen LogP contribution in [0.15, 0.2) is 59.6 Å². The zero-order valence-electron chi connectivity index (χ0n) is 9.90. The fraction of sp³-hybridized carbons (Fsp3) is 0.133. The number of phenols is 1. The molecule has 2 rings (SSSR count). The van der Waals surface area contributed by atoms with E-state index in [9.17, 15) is 10.2 Å². The quantitative estimate of drug-likeness (QED) is 0.808. The van der Waals surface area contributed by atoms with Crippen LogP contribution in [0.25, 0.3) is 0 Å². The maximum absolute atomic E-state index is 9.61. The van der Waals surface area contributed by atoms with Crippen LogP contribution < -0.4 is 0 Å². The van der Waals surface area contributed by atoms with Crippen LogP contribution >= 0.6 is 0 Å². The monoisotopic (exact) mass is 241 g/mol. The molecule has 0 aliphatic heterocycles. The van der Waals surface area contributed by atoms with Gasteiger partial charge in [-0.05, 0) is 17.7 Å². The van der Waals surface area contributed by atoms with E-state index in [4.69, 9.17) is 0 Å². The molecule has 1 unspecified atom stereocenters. The summed E-state index contributed by atoms with van der Waals surface area (Å²) in [7, 11) is 0. The Balaban J connectivity index is 2.19. The first-order chi connectivity index (χ1) is 8.81. The number of rotatable bonds is 4. The Morgan fingerprint density at radius 1 is 1.00 bits per heavy atom. The van der Waals surface area contributed by atoms with Crippen molar-refractivity contribution < 1.29 is 10.2 Å². The number of aliphatic imine (C=N–C) groups is 1. The number of aliphatic hydroxyl groups excluding tert-OH is 1. The Morgan fingerprint density at radius 3 is 2.33 bits per heavy atom. The average molecular weight is 241 g/mol. The fourth-order valence-corrected chi connectivity index (χ4v) is 1.68. The van der Waals surface area contributed by atoms with E-state index in [2.05, 4.69) is 4.99 Å². The van der Waals surface area contributed by atoms with Gasteiger partial charge in [-0.1, -0.05) is 42.5 Å². The lowest BCUT2D eigenvalue weighted by molar-refractivity contribution is 0.269. The summed E-state index contributed by atoms with van der Waals surface area (Å²) < 4.78 is 0. The molecule has 2 aromatic rings. The minimum atomic E-state index is -0.300. The Bertz CT molecular complexity index is 523. The second kappa shape index (κ2) is 5.98. The molecule has 3 nitrogen and oxygen atoms in total. The summed E-state index contributed by atoms with van der Waals surface area (Å²) in [5, 5.41) is 19.0. The van der Waals surface area contributed by atoms with Crippen molar-refractivity contribution >= 4 is 6.21 Å². The highest BCUT2D eigenvalue weighted by atomic mass is 16.3. The molecule has 0 bridgehead atoms. The van der Waals surface area contributed by atoms with E-state index in [1.54, 1.807) is 24.4 Å². The highest BCUT2D eigenvalue weighted by Gasteiger charge is 2.06. The molecule has 0 spiro atoms. The van der Waals surface area contributed by atoms with E-state index in [-0.39, 0.29) is 18.4 Å². The zero-order valence-corrected chi connectivity index (χ0v) is 9.90. The summed E-state index contributed by atoms with van der Waals surface area (Å²) in [6.07, 6.45) is 1.59. The maximum Gasteiger partial charge on any atom is 0.124 e. The molecule has 0 aliphatic rings. The number of hydrogen-bond donors (Lipinski definition) is 2. The van der Waals surface area contributed by atoms with Gasteiger partial charge in [-0.15, -0.1) is 0 Å². The predicted octanol–water partition coefficient (Wildman–Crippen LogP) is 2.54. The van der Waals surface area contributed by atoms with E-state index < -0.39 is 0 Å². The molecule has 0 aliphatic carbocycles. The molecule has 3 heteroatoms. The average Bonchev–Trinajstić information content (AvgIpc) is 2.42. The van der Waals surface area contributed by atoms with Crippen LogP contribution in [-0.4, -0.2) is 23.0 Å². The van der Waals surface area contributed by atoms with E-state index in [0.717, 1.165) is 5.56 Å². The van der Waals surface area contributed by atoms with Crippen LogP contribution in [0.5, 0.6) is 5.75 Å². The number of para-hydroxylation sites is 1. The normalized spacial score (nSPS) is 12.7. The summed E-state index contributed by atoms with van der Waals surface area (Å²) in [6.45, 7) is -0.0614. The molecule has 0 saturated heterocycles. The molecule has 0 amide bonds. The smallest absolute Gasteiger partial charge is 0.124 e. The van der Waals surface area contributed by atoms with E-state index in [1.165, 1.54) is 0 Å². The first kappa shape index (κ1) is 12.3. The number of aromatic hydroxyl groups is 1. The summed E-state index contributed by atoms with van der Waals surface area (Å²) in [4.78, 5) is 4.31. The topological polar surface area (TPSA) is 52.8 Å². The Morgan fingerprint density at radius 2 is 1.67 bits per heavy atom. The lowest BCUT2D eigenvalue weighted by atomic mass is 10.1. The van der Waals surface area contributed by atoms with Crippen LogP contribution in [0, 0.1) is 0 Å². The molecule has 0 radical (unpaired) electrons. The second-order valence-electron chi connectivity index (χ2n) is 3.95. The molecular weight excluding hydrogens is 226 g/mol. The summed E-state index contributed by atoms with van der Waals surface area (Å²) in [5.41, 5.74) is 1.60. The Hall–Kier alpha value is -2.13. The van der Waals surface area contributed by atoms with Gasteiger partial charge in [0, 0.05) is 11.8 Å². The van der Waals surface area contributed by atoms with Crippen molar-refractivity contribution in [1.29, 1.82) is 0 Å². The van der Waals surface area contributed by atoms with Crippen LogP contribution in [0.3, 0.4) is 0 Å². The van der Waals surface area contributed by atoms with Gasteiger partial charge in [0.1, 0.15) is 5.75 Å². The third kappa shape index (κ3) is 2.96. The van der Waals surface area contributed by atoms with Gasteiger partial charge in [0.2, 0.25) is 0 Å². The SMILES string of the molecule is OCC(N=Cc1ccccc1O)c1ccccc1. The van der Waals surface area contributed by atoms with Gasteiger partial charge in [-0.25, -0.2) is 0 Å². The fourth-order valence-electron chi connectivity index (χ4n) is 1.68. The maximum atomic E-state index is 9.61. The van der Waals surface area contributed by atoms with Gasteiger partial charge in [-0.3, -0.25) is 4.99 Å². The number of phenolic OH excluding ortho intramolecular Hbond substituents is 1. The molecule has 92 valence electrons. The van der Waals surface area contributed by atoms with Gasteiger partial charge in [0.25, 0.3) is 0 Å². The Labute approximate surface area is 106 Å². The number of aliphatic hydroxyl groups is 1. The third-order valence-electron chi connectivity index (χ3n) is 2.69. The molecule has 18 heavy (non-hydrogen) atoms. The second-order valence-corrected chi connectivity index (χ2v) is 3.95. The van der Waals surface area contributed by atoms with E-state index in [1.807, 2.05) is 36.4 Å². The van der Waals surface area contributed by atoms with Crippen LogP contribution in [-0.2, 0) is 0 Å². The van der Waals surface area contributed by atoms with Crippen molar-refractivity contribution in [3.63, 3.8) is 0 Å². The summed E-state index contributed by atoms with van der Waals surface area (Å²) in [6, 6.07) is 16.3. The van der Waals surface area contributed by atoms with Crippen molar-refractivity contribution in [1.82, 2.24) is 0 Å². The summed E-state index contributed by atoms with van der Waals surface area (Å²) in [5.74, 6) is 0.186. The van der Waals surface area contributed by atoms with Crippen molar-refractivity contribution in [2.75, 3.05) is 6.61 Å². The highest BCUT2D eigenvalue weighted by Crippen LogP contribution is 2.18. The van der Waals surface area contributed by atoms with Gasteiger partial charge in [0.05, 0.1) is 12.6 Å². The minimum absolute atomic E-state index is 0.0614. The van der Waals surface area contributed by atoms with Crippen molar-refractivity contribution in [2.24, 2.45) is 4.99 Å². The van der Waals surface area contributed by atoms with Gasteiger partial charge in [-0.2, -0.15) is 0 Å². The van der Waals surface area contributed by atoms with Crippen molar-refractivity contribution in [3.05, 3.63) is 65.7 Å². The summed E-state index contributed by atoms with van der Waals surface area (Å²) >= 11 is 0. The molecule has 0 aromatic heterocycles. The minimum Gasteiger partial charge on any atom is -0.507 e. The molecular formula is C15H15NO2. The van der Waals surface area contributed by atoms with Crippen molar-refractivity contribution in [2.45, 2.75) is 6.04 Å². The first-order valence-electron chi connectivity index (χ1n) is 5.78. The highest BCUT2D eigenvalue weighted by molar-refractivity contribution is 5.83. The molecule has 0 heterocycles. The lowest BCUT2D eigenvalue weighted by Crippen LogP contribution is -2.01. The number of benzene rings is 2. The van der Waals surface area contributed by atoms with Gasteiger partial charge >= 0.3 is 0 Å². The van der Waals surface area contributed by atoms with Gasteiger partial charge in [0.15, 0.2) is 0 Å². The van der Waals surface area contributed by atoms with Crippen molar-refractivity contribution in [3.8, 4) is 5.75 Å². The zero-order chi connectivity index (χ0) is 12.8. The van der Waals surface area contributed by atoms with Crippen LogP contribution in [0.1, 0.15) is 17.2 Å². The Kier molecular flexibility index (Phi) is 4.10. The molecule has 2 N–H and O–H groups in total. The molecule has 1 atom stereocenters. The largest absolute Gasteiger partial charge is 0.507 e.